The molecule has 2 aromatic rings. The van der Waals surface area contributed by atoms with E-state index in [1.54, 1.807) is 12.1 Å². The Kier molecular flexibility index (Phi) is 6.07. The fraction of sp³-hybridized carbons (Fsp3) is 0.524. The Morgan fingerprint density at radius 2 is 2.19 bits per heavy atom. The maximum Gasteiger partial charge on any atom is 0.222 e. The first-order chi connectivity index (χ1) is 12.5. The molecule has 3 rings (SSSR count). The zero-order valence-corrected chi connectivity index (χ0v) is 15.6. The number of piperidine rings is 1. The van der Waals surface area contributed by atoms with Crippen molar-refractivity contribution in [2.45, 2.75) is 52.4 Å². The highest BCUT2D eigenvalue weighted by atomic mass is 19.1. The molecular formula is C21H27FN2O2. The molecule has 1 fully saturated rings. The zero-order chi connectivity index (χ0) is 18.5. The summed E-state index contributed by atoms with van der Waals surface area (Å²) in [7, 11) is 0. The van der Waals surface area contributed by atoms with Gasteiger partial charge in [-0.2, -0.15) is 0 Å². The van der Waals surface area contributed by atoms with Gasteiger partial charge in [-0.3, -0.25) is 4.79 Å². The van der Waals surface area contributed by atoms with Gasteiger partial charge in [-0.15, -0.1) is 0 Å². The minimum Gasteiger partial charge on any atom is -0.361 e. The second-order valence-corrected chi connectivity index (χ2v) is 7.32. The minimum absolute atomic E-state index is 0.178. The molecule has 0 bridgehead atoms. The van der Waals surface area contributed by atoms with Gasteiger partial charge in [0.25, 0.3) is 0 Å². The van der Waals surface area contributed by atoms with E-state index >= 15 is 0 Å². The summed E-state index contributed by atoms with van der Waals surface area (Å²) >= 11 is 0. The standard InChI is InChI=1S/C21H27FN2O2/c1-15-20(16(2)26-23-15)10-11-21(25)24-12-4-6-18(14-24)9-8-17-5-3-7-19(22)13-17/h3,5,7,13,18H,4,6,8-12,14H2,1-2H3. The van der Waals surface area contributed by atoms with Crippen molar-refractivity contribution in [1.29, 1.82) is 0 Å². The van der Waals surface area contributed by atoms with Gasteiger partial charge in [0, 0.05) is 25.1 Å². The average Bonchev–Trinajstić information content (AvgIpc) is 2.96. The van der Waals surface area contributed by atoms with E-state index in [4.69, 9.17) is 4.52 Å². The smallest absolute Gasteiger partial charge is 0.222 e. The number of aromatic nitrogens is 1. The van der Waals surface area contributed by atoms with Gasteiger partial charge in [-0.05, 0) is 69.6 Å². The summed E-state index contributed by atoms with van der Waals surface area (Å²) in [6.45, 7) is 5.47. The zero-order valence-electron chi connectivity index (χ0n) is 15.6. The van der Waals surface area contributed by atoms with Crippen LogP contribution in [0.1, 0.15) is 48.3 Å². The second kappa shape index (κ2) is 8.47. The molecule has 1 aliphatic heterocycles. The Bertz CT molecular complexity index is 737. The topological polar surface area (TPSA) is 46.3 Å². The van der Waals surface area contributed by atoms with Gasteiger partial charge < -0.3 is 9.42 Å². The van der Waals surface area contributed by atoms with E-state index in [2.05, 4.69) is 5.16 Å². The highest BCUT2D eigenvalue weighted by Crippen LogP contribution is 2.23. The number of amides is 1. The molecule has 1 atom stereocenters. The molecule has 1 amide bonds. The lowest BCUT2D eigenvalue weighted by Gasteiger charge is -2.33. The molecule has 0 aliphatic carbocycles. The fourth-order valence-corrected chi connectivity index (χ4v) is 3.84. The molecule has 1 aromatic heterocycles. The van der Waals surface area contributed by atoms with Gasteiger partial charge in [0.15, 0.2) is 0 Å². The Hall–Kier alpha value is -2.17. The molecule has 1 aliphatic rings. The molecule has 2 heterocycles. The number of benzene rings is 1. The number of likely N-dealkylation sites (tertiary alicyclic amines) is 1. The molecule has 4 nitrogen and oxygen atoms in total. The first kappa shape index (κ1) is 18.6. The number of hydrogen-bond acceptors (Lipinski definition) is 3. The summed E-state index contributed by atoms with van der Waals surface area (Å²) in [5.74, 6) is 1.33. The number of halogens is 1. The summed E-state index contributed by atoms with van der Waals surface area (Å²) < 4.78 is 18.5. The Balaban J connectivity index is 1.48. The third kappa shape index (κ3) is 4.71. The van der Waals surface area contributed by atoms with Crippen LogP contribution in [0.2, 0.25) is 0 Å². The van der Waals surface area contributed by atoms with E-state index in [1.165, 1.54) is 6.07 Å². The van der Waals surface area contributed by atoms with E-state index in [1.807, 2.05) is 24.8 Å². The molecule has 1 aromatic carbocycles. The van der Waals surface area contributed by atoms with Crippen molar-refractivity contribution in [2.24, 2.45) is 5.92 Å². The lowest BCUT2D eigenvalue weighted by molar-refractivity contribution is -0.133. The summed E-state index contributed by atoms with van der Waals surface area (Å²) in [6.07, 6.45) is 5.23. The normalized spacial score (nSPS) is 17.5. The summed E-state index contributed by atoms with van der Waals surface area (Å²) in [5.41, 5.74) is 2.96. The van der Waals surface area contributed by atoms with Crippen LogP contribution in [0.4, 0.5) is 4.39 Å². The summed E-state index contributed by atoms with van der Waals surface area (Å²) in [5, 5.41) is 3.95. The van der Waals surface area contributed by atoms with Crippen LogP contribution >= 0.6 is 0 Å². The Morgan fingerprint density at radius 1 is 1.35 bits per heavy atom. The van der Waals surface area contributed by atoms with Crippen LogP contribution in [0.5, 0.6) is 0 Å². The van der Waals surface area contributed by atoms with Gasteiger partial charge in [-0.25, -0.2) is 4.39 Å². The lowest BCUT2D eigenvalue weighted by Crippen LogP contribution is -2.40. The molecule has 5 heteroatoms. The first-order valence-electron chi connectivity index (χ1n) is 9.47. The maximum absolute atomic E-state index is 13.3. The summed E-state index contributed by atoms with van der Waals surface area (Å²) in [4.78, 5) is 14.6. The SMILES string of the molecule is Cc1noc(C)c1CCC(=O)N1CCCC(CCc2cccc(F)c2)C1. The number of nitrogens with zero attached hydrogens (tertiary/aromatic N) is 2. The van der Waals surface area contributed by atoms with Crippen molar-refractivity contribution in [3.63, 3.8) is 0 Å². The van der Waals surface area contributed by atoms with Crippen molar-refractivity contribution < 1.29 is 13.7 Å². The van der Waals surface area contributed by atoms with Crippen LogP contribution in [-0.2, 0) is 17.6 Å². The number of rotatable bonds is 6. The van der Waals surface area contributed by atoms with E-state index < -0.39 is 0 Å². The molecular weight excluding hydrogens is 331 g/mol. The van der Waals surface area contributed by atoms with Gasteiger partial charge in [0.05, 0.1) is 5.69 Å². The third-order valence-corrected chi connectivity index (χ3v) is 5.37. The van der Waals surface area contributed by atoms with Crippen LogP contribution in [0, 0.1) is 25.6 Å². The molecule has 0 N–H and O–H groups in total. The number of carbonyl (C=O) groups is 1. The number of carbonyl (C=O) groups excluding carboxylic acids is 1. The first-order valence-corrected chi connectivity index (χ1v) is 9.47. The van der Waals surface area contributed by atoms with E-state index in [0.717, 1.165) is 61.4 Å². The van der Waals surface area contributed by atoms with Crippen LogP contribution in [0.3, 0.4) is 0 Å². The minimum atomic E-state index is -0.178. The molecule has 0 spiro atoms. The molecule has 26 heavy (non-hydrogen) atoms. The van der Waals surface area contributed by atoms with Crippen molar-refractivity contribution in [2.75, 3.05) is 13.1 Å². The fourth-order valence-electron chi connectivity index (χ4n) is 3.84. The lowest BCUT2D eigenvalue weighted by atomic mass is 9.91. The average molecular weight is 358 g/mol. The number of aryl methyl sites for hydroxylation is 3. The quantitative estimate of drug-likeness (QED) is 0.776. The molecule has 1 unspecified atom stereocenters. The van der Waals surface area contributed by atoms with Gasteiger partial charge >= 0.3 is 0 Å². The largest absolute Gasteiger partial charge is 0.361 e. The predicted molar refractivity (Wildman–Crippen MR) is 98.3 cm³/mol. The van der Waals surface area contributed by atoms with Crippen molar-refractivity contribution >= 4 is 5.91 Å². The van der Waals surface area contributed by atoms with Crippen LogP contribution < -0.4 is 0 Å². The van der Waals surface area contributed by atoms with Crippen LogP contribution in [0.25, 0.3) is 0 Å². The van der Waals surface area contributed by atoms with Gasteiger partial charge in [0.2, 0.25) is 5.91 Å². The molecule has 0 saturated carbocycles. The highest BCUT2D eigenvalue weighted by molar-refractivity contribution is 5.76. The van der Waals surface area contributed by atoms with Crippen LogP contribution in [-0.4, -0.2) is 29.1 Å². The number of hydrogen-bond donors (Lipinski definition) is 0. The van der Waals surface area contributed by atoms with Crippen molar-refractivity contribution in [1.82, 2.24) is 10.1 Å². The van der Waals surface area contributed by atoms with Crippen molar-refractivity contribution in [3.8, 4) is 0 Å². The van der Waals surface area contributed by atoms with Gasteiger partial charge in [0.1, 0.15) is 11.6 Å². The Labute approximate surface area is 154 Å². The maximum atomic E-state index is 13.3. The third-order valence-electron chi connectivity index (χ3n) is 5.37. The second-order valence-electron chi connectivity index (χ2n) is 7.32. The van der Waals surface area contributed by atoms with Gasteiger partial charge in [-0.1, -0.05) is 17.3 Å². The predicted octanol–water partition coefficient (Wildman–Crippen LogP) is 4.23. The van der Waals surface area contributed by atoms with Crippen LogP contribution in [0.15, 0.2) is 28.8 Å². The molecule has 140 valence electrons. The summed E-state index contributed by atoms with van der Waals surface area (Å²) in [6, 6.07) is 6.81. The van der Waals surface area contributed by atoms with E-state index in [-0.39, 0.29) is 11.7 Å². The van der Waals surface area contributed by atoms with E-state index in [9.17, 15) is 9.18 Å². The highest BCUT2D eigenvalue weighted by Gasteiger charge is 2.24. The molecule has 0 radical (unpaired) electrons. The Morgan fingerprint density at radius 3 is 2.92 bits per heavy atom. The van der Waals surface area contributed by atoms with E-state index in [0.29, 0.717) is 18.8 Å². The van der Waals surface area contributed by atoms with Crippen molar-refractivity contribution in [3.05, 3.63) is 52.7 Å². The monoisotopic (exact) mass is 358 g/mol. The molecule has 1 saturated heterocycles.